The van der Waals surface area contributed by atoms with E-state index < -0.39 is 0 Å². The molecule has 4 heterocycles. The number of fused-ring (bicyclic) bond motifs is 5. The van der Waals surface area contributed by atoms with Gasteiger partial charge in [0.05, 0.1) is 0 Å². The predicted octanol–water partition coefficient (Wildman–Crippen LogP) is 4.21. The molecule has 1 saturated carbocycles. The van der Waals surface area contributed by atoms with Crippen molar-refractivity contribution in [2.75, 3.05) is 5.32 Å². The van der Waals surface area contributed by atoms with Gasteiger partial charge in [-0.2, -0.15) is 0 Å². The summed E-state index contributed by atoms with van der Waals surface area (Å²) >= 11 is 0. The first-order valence-electron chi connectivity index (χ1n) is 8.86. The Morgan fingerprint density at radius 2 is 2.09 bits per heavy atom. The van der Waals surface area contributed by atoms with Crippen molar-refractivity contribution in [3.05, 3.63) is 42.4 Å². The summed E-state index contributed by atoms with van der Waals surface area (Å²) in [5, 5.41) is 3.67. The highest BCUT2D eigenvalue weighted by molar-refractivity contribution is 6.35. The van der Waals surface area contributed by atoms with Gasteiger partial charge in [0.25, 0.3) is 0 Å². The molecule has 1 radical (unpaired) electrons. The van der Waals surface area contributed by atoms with Gasteiger partial charge in [-0.05, 0) is 48.9 Å². The predicted molar refractivity (Wildman–Crippen MR) is 95.9 cm³/mol. The minimum absolute atomic E-state index is 0.565. The van der Waals surface area contributed by atoms with Crippen LogP contribution >= 0.6 is 0 Å². The Bertz CT molecular complexity index is 656. The van der Waals surface area contributed by atoms with E-state index in [2.05, 4.69) is 46.8 Å². The van der Waals surface area contributed by atoms with Crippen LogP contribution in [0.15, 0.2) is 36.7 Å². The molecule has 0 aromatic carbocycles. The first-order chi connectivity index (χ1) is 11.4. The van der Waals surface area contributed by atoms with Gasteiger partial charge < -0.3 is 5.32 Å². The number of pyridine rings is 2. The Balaban J connectivity index is 1.64. The van der Waals surface area contributed by atoms with Crippen molar-refractivity contribution in [1.82, 2.24) is 9.97 Å². The number of hydrogen-bond acceptors (Lipinski definition) is 3. The maximum atomic E-state index is 4.63. The highest BCUT2D eigenvalue weighted by Gasteiger charge is 2.22. The molecule has 4 heteroatoms. The maximum Gasteiger partial charge on any atom is 0.126 e. The highest BCUT2D eigenvalue weighted by Crippen LogP contribution is 2.30. The van der Waals surface area contributed by atoms with Gasteiger partial charge in [0.15, 0.2) is 0 Å². The van der Waals surface area contributed by atoms with Gasteiger partial charge in [0, 0.05) is 29.7 Å². The van der Waals surface area contributed by atoms with E-state index in [9.17, 15) is 0 Å². The number of nitrogens with one attached hydrogen (secondary N) is 1. The molecule has 2 unspecified atom stereocenters. The monoisotopic (exact) mass is 304 g/mol. The lowest BCUT2D eigenvalue weighted by Crippen LogP contribution is -2.28. The van der Waals surface area contributed by atoms with Crippen LogP contribution in [0.4, 0.5) is 5.82 Å². The third-order valence-electron chi connectivity index (χ3n) is 5.16. The van der Waals surface area contributed by atoms with Crippen LogP contribution in [0.2, 0.25) is 12.6 Å². The van der Waals surface area contributed by atoms with Gasteiger partial charge in [-0.15, -0.1) is 0 Å². The third-order valence-corrected chi connectivity index (χ3v) is 5.16. The number of anilines is 1. The highest BCUT2D eigenvalue weighted by atomic mass is 15.0. The molecule has 1 N–H and O–H groups in total. The lowest BCUT2D eigenvalue weighted by Gasteiger charge is -2.30. The molecule has 5 rings (SSSR count). The summed E-state index contributed by atoms with van der Waals surface area (Å²) in [6, 6.07) is 9.13. The van der Waals surface area contributed by atoms with Crippen molar-refractivity contribution in [3.8, 4) is 11.1 Å². The molecule has 2 atom stereocenters. The van der Waals surface area contributed by atoms with Crippen LogP contribution in [0.3, 0.4) is 0 Å². The molecular weight excluding hydrogens is 281 g/mol. The Kier molecular flexibility index (Phi) is 4.31. The number of hydrogen-bond donors (Lipinski definition) is 1. The molecule has 117 valence electrons. The number of nitrogens with zero attached hydrogens (tertiary/aromatic N) is 2. The van der Waals surface area contributed by atoms with Crippen molar-refractivity contribution in [1.29, 1.82) is 0 Å². The standard InChI is InChI=1S/C19H23BN3/c1-2-14-10-18(3-1)23-19-11-15(7-9-21-19)16-4-5-17(22-13-16)6-8-20-12-14/h4-5,7,9,11,13-14,18H,1-3,6,8,10,12H2,(H,21,23). The van der Waals surface area contributed by atoms with E-state index >= 15 is 0 Å². The zero-order valence-electron chi connectivity index (χ0n) is 13.5. The molecular formula is C19H23BN3. The van der Waals surface area contributed by atoms with Crippen LogP contribution in [-0.2, 0) is 6.42 Å². The molecule has 2 aromatic rings. The van der Waals surface area contributed by atoms with E-state index in [1.165, 1.54) is 48.8 Å². The van der Waals surface area contributed by atoms with Gasteiger partial charge in [-0.1, -0.05) is 31.5 Å². The first kappa shape index (κ1) is 14.7. The second kappa shape index (κ2) is 6.73. The zero-order valence-corrected chi connectivity index (χ0v) is 13.5. The fourth-order valence-electron chi connectivity index (χ4n) is 3.88. The van der Waals surface area contributed by atoms with Crippen LogP contribution in [0.1, 0.15) is 31.4 Å². The molecule has 3 nitrogen and oxygen atoms in total. The Labute approximate surface area is 139 Å². The van der Waals surface area contributed by atoms with E-state index in [0.29, 0.717) is 6.04 Å². The summed E-state index contributed by atoms with van der Waals surface area (Å²) in [6.07, 6.45) is 12.5. The second-order valence-electron chi connectivity index (χ2n) is 6.90. The quantitative estimate of drug-likeness (QED) is 0.741. The minimum Gasteiger partial charge on any atom is -0.367 e. The van der Waals surface area contributed by atoms with Crippen LogP contribution in [0.25, 0.3) is 11.1 Å². The van der Waals surface area contributed by atoms with Crippen molar-refractivity contribution >= 4 is 13.1 Å². The van der Waals surface area contributed by atoms with Gasteiger partial charge in [0.1, 0.15) is 13.1 Å². The van der Waals surface area contributed by atoms with E-state index in [0.717, 1.165) is 24.5 Å². The van der Waals surface area contributed by atoms with Gasteiger partial charge in [-0.3, -0.25) is 4.98 Å². The van der Waals surface area contributed by atoms with Crippen LogP contribution in [0, 0.1) is 5.92 Å². The summed E-state index contributed by atoms with van der Waals surface area (Å²) in [5.74, 6) is 1.82. The van der Waals surface area contributed by atoms with Gasteiger partial charge in [0.2, 0.25) is 0 Å². The molecule has 1 aliphatic carbocycles. The van der Waals surface area contributed by atoms with Crippen molar-refractivity contribution in [2.24, 2.45) is 5.92 Å². The molecule has 0 spiro atoms. The van der Waals surface area contributed by atoms with E-state index in [4.69, 9.17) is 0 Å². The molecule has 6 bridgehead atoms. The summed E-state index contributed by atoms with van der Waals surface area (Å²) in [4.78, 5) is 9.15. The topological polar surface area (TPSA) is 37.8 Å². The average molecular weight is 304 g/mol. The molecule has 23 heavy (non-hydrogen) atoms. The Hall–Kier alpha value is -1.84. The zero-order chi connectivity index (χ0) is 15.5. The number of aryl methyl sites for hydroxylation is 1. The maximum absolute atomic E-state index is 4.63. The lowest BCUT2D eigenvalue weighted by molar-refractivity contribution is 0.357. The summed E-state index contributed by atoms with van der Waals surface area (Å²) in [7, 11) is 2.47. The van der Waals surface area contributed by atoms with E-state index in [1.807, 2.05) is 12.4 Å². The van der Waals surface area contributed by atoms with Crippen molar-refractivity contribution in [3.63, 3.8) is 0 Å². The van der Waals surface area contributed by atoms with E-state index in [-0.39, 0.29) is 0 Å². The molecule has 2 aromatic heterocycles. The fraction of sp³-hybridized carbons (Fsp3) is 0.474. The fourth-order valence-corrected chi connectivity index (χ4v) is 3.88. The largest absolute Gasteiger partial charge is 0.367 e. The Morgan fingerprint density at radius 3 is 3.00 bits per heavy atom. The lowest BCUT2D eigenvalue weighted by atomic mass is 9.63. The molecule has 0 amide bonds. The van der Waals surface area contributed by atoms with Crippen LogP contribution in [0.5, 0.6) is 0 Å². The van der Waals surface area contributed by atoms with Crippen LogP contribution in [-0.4, -0.2) is 23.3 Å². The number of rotatable bonds is 0. The van der Waals surface area contributed by atoms with E-state index in [1.54, 1.807) is 0 Å². The summed E-state index contributed by atoms with van der Waals surface area (Å²) in [5.41, 5.74) is 3.55. The summed E-state index contributed by atoms with van der Waals surface area (Å²) in [6.45, 7) is 0. The smallest absolute Gasteiger partial charge is 0.126 e. The van der Waals surface area contributed by atoms with Crippen molar-refractivity contribution < 1.29 is 0 Å². The van der Waals surface area contributed by atoms with Gasteiger partial charge in [-0.25, -0.2) is 4.98 Å². The Morgan fingerprint density at radius 1 is 1.09 bits per heavy atom. The first-order valence-corrected chi connectivity index (χ1v) is 8.86. The SMILES string of the molecule is [B]1CCc2ccc(cn2)-c2ccnc(c2)NC2CCCC(C1)C2. The molecule has 2 aliphatic heterocycles. The molecule has 0 saturated heterocycles. The normalized spacial score (nSPS) is 24.0. The third kappa shape index (κ3) is 3.57. The molecule has 1 fully saturated rings. The second-order valence-corrected chi connectivity index (χ2v) is 6.90. The number of aromatic nitrogens is 2. The van der Waals surface area contributed by atoms with Crippen LogP contribution < -0.4 is 5.32 Å². The summed E-state index contributed by atoms with van der Waals surface area (Å²) < 4.78 is 0. The minimum atomic E-state index is 0.565. The van der Waals surface area contributed by atoms with Crippen molar-refractivity contribution in [2.45, 2.75) is 50.8 Å². The average Bonchev–Trinajstić information content (AvgIpc) is 2.60. The van der Waals surface area contributed by atoms with Gasteiger partial charge >= 0.3 is 0 Å². The molecule has 3 aliphatic rings.